The van der Waals surface area contributed by atoms with Crippen molar-refractivity contribution in [3.63, 3.8) is 0 Å². The fourth-order valence-electron chi connectivity index (χ4n) is 2.22. The summed E-state index contributed by atoms with van der Waals surface area (Å²) in [4.78, 5) is 23.9. The van der Waals surface area contributed by atoms with Gasteiger partial charge in [-0.1, -0.05) is 20.8 Å². The maximum atomic E-state index is 12.1. The van der Waals surface area contributed by atoms with Crippen molar-refractivity contribution in [1.82, 2.24) is 15.6 Å². The summed E-state index contributed by atoms with van der Waals surface area (Å²) in [5.74, 6) is -0.491. The molecule has 0 fully saturated rings. The van der Waals surface area contributed by atoms with Gasteiger partial charge in [0, 0.05) is 11.1 Å². The van der Waals surface area contributed by atoms with Crippen molar-refractivity contribution in [2.45, 2.75) is 26.2 Å². The average molecular weight is 380 g/mol. The molecule has 1 amide bonds. The Labute approximate surface area is 161 Å². The van der Waals surface area contributed by atoms with E-state index in [2.05, 4.69) is 20.7 Å². The van der Waals surface area contributed by atoms with Crippen LogP contribution in [0.15, 0.2) is 58.2 Å². The van der Waals surface area contributed by atoms with Crippen LogP contribution in [-0.2, 0) is 5.41 Å². The smallest absolute Gasteiger partial charge is 0.379 e. The summed E-state index contributed by atoms with van der Waals surface area (Å²) in [6.07, 6.45) is 2.88. The van der Waals surface area contributed by atoms with E-state index in [9.17, 15) is 9.59 Å². The van der Waals surface area contributed by atoms with Gasteiger partial charge in [0.25, 0.3) is 5.91 Å². The SMILES string of the molecule is CC(C)(C)c1cc(C(=O)NN=Cc2ccc(OC(=O)c3ccco3)cc2)n[nH]1. The van der Waals surface area contributed by atoms with Crippen molar-refractivity contribution in [2.75, 3.05) is 0 Å². The number of hydrogen-bond acceptors (Lipinski definition) is 6. The number of nitrogens with zero attached hydrogens (tertiary/aromatic N) is 2. The number of furan rings is 1. The highest BCUT2D eigenvalue weighted by Crippen LogP contribution is 2.20. The molecular formula is C20H20N4O4. The third-order valence-electron chi connectivity index (χ3n) is 3.81. The van der Waals surface area contributed by atoms with E-state index >= 15 is 0 Å². The molecule has 144 valence electrons. The van der Waals surface area contributed by atoms with Crippen LogP contribution < -0.4 is 10.2 Å². The molecule has 0 spiro atoms. The highest BCUT2D eigenvalue weighted by Gasteiger charge is 2.19. The standard InChI is InChI=1S/C20H20N4O4/c1-20(2,3)17-11-15(22-23-17)18(25)24-21-12-13-6-8-14(9-7-13)28-19(26)16-5-4-10-27-16/h4-12H,1-3H3,(H,22,23)(H,24,25). The minimum Gasteiger partial charge on any atom is -0.457 e. The molecule has 2 heterocycles. The Morgan fingerprint density at radius 2 is 1.96 bits per heavy atom. The molecule has 28 heavy (non-hydrogen) atoms. The van der Waals surface area contributed by atoms with Crippen molar-refractivity contribution in [3.8, 4) is 5.75 Å². The van der Waals surface area contributed by atoms with Gasteiger partial charge in [0.2, 0.25) is 5.76 Å². The van der Waals surface area contributed by atoms with E-state index in [0.29, 0.717) is 5.75 Å². The Balaban J connectivity index is 1.55. The molecule has 0 saturated heterocycles. The molecule has 2 aromatic heterocycles. The van der Waals surface area contributed by atoms with E-state index in [1.807, 2.05) is 20.8 Å². The van der Waals surface area contributed by atoms with Gasteiger partial charge in [0.15, 0.2) is 5.69 Å². The fourth-order valence-corrected chi connectivity index (χ4v) is 2.22. The predicted molar refractivity (Wildman–Crippen MR) is 102 cm³/mol. The van der Waals surface area contributed by atoms with E-state index < -0.39 is 11.9 Å². The van der Waals surface area contributed by atoms with Gasteiger partial charge in [-0.05, 0) is 48.0 Å². The van der Waals surface area contributed by atoms with Crippen LogP contribution in [-0.4, -0.2) is 28.3 Å². The van der Waals surface area contributed by atoms with E-state index in [1.54, 1.807) is 36.4 Å². The summed E-state index contributed by atoms with van der Waals surface area (Å²) < 4.78 is 10.2. The average Bonchev–Trinajstić information content (AvgIpc) is 3.35. The lowest BCUT2D eigenvalue weighted by Gasteiger charge is -2.14. The maximum absolute atomic E-state index is 12.1. The predicted octanol–water partition coefficient (Wildman–Crippen LogP) is 3.28. The van der Waals surface area contributed by atoms with Crippen molar-refractivity contribution in [3.05, 3.63) is 71.4 Å². The van der Waals surface area contributed by atoms with Gasteiger partial charge in [-0.2, -0.15) is 10.2 Å². The Morgan fingerprint density at radius 1 is 1.21 bits per heavy atom. The molecule has 0 atom stereocenters. The van der Waals surface area contributed by atoms with Crippen LogP contribution >= 0.6 is 0 Å². The number of hydrazone groups is 1. The number of carbonyl (C=O) groups is 2. The largest absolute Gasteiger partial charge is 0.457 e. The van der Waals surface area contributed by atoms with Crippen LogP contribution in [0.25, 0.3) is 0 Å². The lowest BCUT2D eigenvalue weighted by molar-refractivity contribution is 0.0701. The number of amides is 1. The molecular weight excluding hydrogens is 360 g/mol. The molecule has 0 aliphatic heterocycles. The number of nitrogens with one attached hydrogen (secondary N) is 2. The lowest BCUT2D eigenvalue weighted by Crippen LogP contribution is -2.18. The molecule has 0 bridgehead atoms. The first-order valence-corrected chi connectivity index (χ1v) is 8.58. The zero-order chi connectivity index (χ0) is 20.1. The molecule has 0 saturated carbocycles. The minimum atomic E-state index is -0.577. The Hall–Kier alpha value is -3.68. The van der Waals surface area contributed by atoms with Gasteiger partial charge in [-0.15, -0.1) is 0 Å². The van der Waals surface area contributed by atoms with Crippen molar-refractivity contribution in [1.29, 1.82) is 0 Å². The highest BCUT2D eigenvalue weighted by atomic mass is 16.5. The first-order chi connectivity index (χ1) is 13.3. The van der Waals surface area contributed by atoms with Crippen molar-refractivity contribution < 1.29 is 18.7 Å². The summed E-state index contributed by atoms with van der Waals surface area (Å²) in [6, 6.07) is 11.5. The number of benzene rings is 1. The van der Waals surface area contributed by atoms with Gasteiger partial charge in [-0.3, -0.25) is 9.89 Å². The van der Waals surface area contributed by atoms with Gasteiger partial charge in [-0.25, -0.2) is 10.2 Å². The monoisotopic (exact) mass is 380 g/mol. The minimum absolute atomic E-state index is 0.126. The fraction of sp³-hybridized carbons (Fsp3) is 0.200. The Bertz CT molecular complexity index is 980. The topological polar surface area (TPSA) is 110 Å². The van der Waals surface area contributed by atoms with Gasteiger partial charge < -0.3 is 9.15 Å². The van der Waals surface area contributed by atoms with Crippen molar-refractivity contribution in [2.24, 2.45) is 5.10 Å². The zero-order valence-electron chi connectivity index (χ0n) is 15.7. The molecule has 0 unspecified atom stereocenters. The number of hydrogen-bond donors (Lipinski definition) is 2. The zero-order valence-corrected chi connectivity index (χ0v) is 15.7. The summed E-state index contributed by atoms with van der Waals surface area (Å²) in [6.45, 7) is 6.07. The van der Waals surface area contributed by atoms with E-state index in [0.717, 1.165) is 11.3 Å². The number of aromatic amines is 1. The van der Waals surface area contributed by atoms with Crippen LogP contribution in [0.1, 0.15) is 53.1 Å². The third-order valence-corrected chi connectivity index (χ3v) is 3.81. The van der Waals surface area contributed by atoms with Gasteiger partial charge in [0.1, 0.15) is 5.75 Å². The number of H-pyrrole nitrogens is 1. The van der Waals surface area contributed by atoms with Crippen LogP contribution in [0.3, 0.4) is 0 Å². The number of esters is 1. The summed E-state index contributed by atoms with van der Waals surface area (Å²) in [5.41, 5.74) is 4.15. The first kappa shape index (κ1) is 19.1. The molecule has 2 N–H and O–H groups in total. The highest BCUT2D eigenvalue weighted by molar-refractivity contribution is 5.93. The lowest BCUT2D eigenvalue weighted by atomic mass is 9.92. The molecule has 0 aliphatic carbocycles. The quantitative estimate of drug-likeness (QED) is 0.305. The Kier molecular flexibility index (Phi) is 5.39. The second kappa shape index (κ2) is 7.91. The third kappa shape index (κ3) is 4.73. The number of ether oxygens (including phenoxy) is 1. The molecule has 8 heteroatoms. The molecule has 0 radical (unpaired) electrons. The van der Waals surface area contributed by atoms with E-state index in [-0.39, 0.29) is 16.9 Å². The van der Waals surface area contributed by atoms with Crippen LogP contribution in [0.4, 0.5) is 0 Å². The van der Waals surface area contributed by atoms with Crippen LogP contribution in [0, 0.1) is 0 Å². The maximum Gasteiger partial charge on any atom is 0.379 e. The second-order valence-electron chi connectivity index (χ2n) is 7.05. The number of rotatable bonds is 5. The number of carbonyl (C=O) groups excluding carboxylic acids is 2. The van der Waals surface area contributed by atoms with Gasteiger partial charge >= 0.3 is 5.97 Å². The molecule has 3 aromatic rings. The van der Waals surface area contributed by atoms with Crippen LogP contribution in [0.2, 0.25) is 0 Å². The summed E-state index contributed by atoms with van der Waals surface area (Å²) in [5, 5.41) is 10.8. The summed E-state index contributed by atoms with van der Waals surface area (Å²) >= 11 is 0. The van der Waals surface area contributed by atoms with Crippen molar-refractivity contribution >= 4 is 18.1 Å². The number of aromatic nitrogens is 2. The normalized spacial score (nSPS) is 11.5. The molecule has 1 aromatic carbocycles. The van der Waals surface area contributed by atoms with Crippen LogP contribution in [0.5, 0.6) is 5.75 Å². The summed E-state index contributed by atoms with van der Waals surface area (Å²) in [7, 11) is 0. The molecule has 3 rings (SSSR count). The molecule has 8 nitrogen and oxygen atoms in total. The van der Waals surface area contributed by atoms with E-state index in [1.165, 1.54) is 18.5 Å². The Morgan fingerprint density at radius 3 is 2.57 bits per heavy atom. The second-order valence-corrected chi connectivity index (χ2v) is 7.05. The van der Waals surface area contributed by atoms with E-state index in [4.69, 9.17) is 9.15 Å². The van der Waals surface area contributed by atoms with Gasteiger partial charge in [0.05, 0.1) is 12.5 Å². The first-order valence-electron chi connectivity index (χ1n) is 8.58. The molecule has 0 aliphatic rings.